The molecule has 148 valence electrons. The van der Waals surface area contributed by atoms with E-state index in [0.717, 1.165) is 23.4 Å². The number of nitrogens with one attached hydrogen (secondary N) is 1. The predicted octanol–water partition coefficient (Wildman–Crippen LogP) is 6.15. The molecule has 4 rings (SSSR count). The van der Waals surface area contributed by atoms with Crippen LogP contribution in [0.1, 0.15) is 34.7 Å². The topological polar surface area (TPSA) is 42.7 Å². The second-order valence-electron chi connectivity index (χ2n) is 6.49. The minimum Gasteiger partial charge on any atom is -0.380 e. The molecule has 0 aliphatic heterocycles. The van der Waals surface area contributed by atoms with Crippen LogP contribution in [0, 0.1) is 0 Å². The third-order valence-corrected chi connectivity index (χ3v) is 6.03. The van der Waals surface area contributed by atoms with Gasteiger partial charge in [0.25, 0.3) is 0 Å². The van der Waals surface area contributed by atoms with Gasteiger partial charge in [-0.15, -0.1) is 11.3 Å². The van der Waals surface area contributed by atoms with Gasteiger partial charge in [0.15, 0.2) is 10.2 Å². The van der Waals surface area contributed by atoms with Crippen molar-refractivity contribution in [2.24, 2.45) is 0 Å². The number of thiazole rings is 1. The summed E-state index contributed by atoms with van der Waals surface area (Å²) < 4.78 is 42.0. The van der Waals surface area contributed by atoms with E-state index >= 15 is 0 Å². The van der Waals surface area contributed by atoms with E-state index in [1.807, 2.05) is 0 Å². The van der Waals surface area contributed by atoms with E-state index in [9.17, 15) is 13.2 Å². The Kier molecular flexibility index (Phi) is 5.28. The molecule has 0 amide bonds. The highest BCUT2D eigenvalue weighted by Crippen LogP contribution is 2.38. The van der Waals surface area contributed by atoms with Crippen molar-refractivity contribution in [1.29, 1.82) is 0 Å². The minimum atomic E-state index is -4.48. The largest absolute Gasteiger partial charge is 0.435 e. The van der Waals surface area contributed by atoms with Crippen LogP contribution in [-0.2, 0) is 25.6 Å². The van der Waals surface area contributed by atoms with Crippen molar-refractivity contribution in [3.05, 3.63) is 55.7 Å². The van der Waals surface area contributed by atoms with Gasteiger partial charge in [0.2, 0.25) is 0 Å². The zero-order valence-electron chi connectivity index (χ0n) is 14.5. The van der Waals surface area contributed by atoms with Crippen LogP contribution in [0.3, 0.4) is 0 Å². The number of fused-ring (bicyclic) bond motifs is 1. The third kappa shape index (κ3) is 3.86. The number of hydrogen-bond acceptors (Lipinski definition) is 4. The maximum absolute atomic E-state index is 13.4. The second kappa shape index (κ2) is 7.57. The first-order chi connectivity index (χ1) is 13.3. The van der Waals surface area contributed by atoms with Crippen molar-refractivity contribution in [3.8, 4) is 5.69 Å². The molecule has 1 aliphatic carbocycles. The summed E-state index contributed by atoms with van der Waals surface area (Å²) in [5, 5.41) is 7.42. The summed E-state index contributed by atoms with van der Waals surface area (Å²) in [5.41, 5.74) is 1.28. The van der Waals surface area contributed by atoms with Gasteiger partial charge >= 0.3 is 6.18 Å². The lowest BCUT2D eigenvalue weighted by Gasteiger charge is -2.16. The Morgan fingerprint density at radius 2 is 1.96 bits per heavy atom. The average Bonchev–Trinajstić information content (AvgIpc) is 3.23. The van der Waals surface area contributed by atoms with Crippen LogP contribution in [0.5, 0.6) is 0 Å². The molecule has 0 radical (unpaired) electrons. The van der Waals surface area contributed by atoms with Crippen molar-refractivity contribution in [2.45, 2.75) is 38.4 Å². The molecule has 28 heavy (non-hydrogen) atoms. The number of aromatic nitrogens is 3. The number of nitrogens with zero attached hydrogens (tertiary/aromatic N) is 3. The number of benzene rings is 1. The Morgan fingerprint density at radius 3 is 2.64 bits per heavy atom. The van der Waals surface area contributed by atoms with Crippen molar-refractivity contribution in [3.63, 3.8) is 0 Å². The van der Waals surface area contributed by atoms with Crippen LogP contribution in [0.4, 0.5) is 18.9 Å². The monoisotopic (exact) mass is 446 g/mol. The quantitative estimate of drug-likeness (QED) is 0.522. The molecule has 3 aromatic rings. The summed E-state index contributed by atoms with van der Waals surface area (Å²) >= 11 is 13.6. The molecule has 0 spiro atoms. The summed E-state index contributed by atoms with van der Waals surface area (Å²) in [6, 6.07) is 5.14. The smallest absolute Gasteiger partial charge is 0.380 e. The summed E-state index contributed by atoms with van der Waals surface area (Å²) in [6.07, 6.45) is -0.272. The van der Waals surface area contributed by atoms with Gasteiger partial charge in [0.05, 0.1) is 17.3 Å². The summed E-state index contributed by atoms with van der Waals surface area (Å²) in [4.78, 5) is 4.94. The minimum absolute atomic E-state index is 0.291. The van der Waals surface area contributed by atoms with Gasteiger partial charge < -0.3 is 5.32 Å². The molecule has 0 unspecified atom stereocenters. The molecule has 2 heterocycles. The Bertz CT molecular complexity index is 1010. The van der Waals surface area contributed by atoms with E-state index in [4.69, 9.17) is 23.2 Å². The summed E-state index contributed by atoms with van der Waals surface area (Å²) in [5.74, 6) is 0. The zero-order chi connectivity index (χ0) is 19.9. The van der Waals surface area contributed by atoms with Gasteiger partial charge in [-0.1, -0.05) is 23.2 Å². The van der Waals surface area contributed by atoms with Crippen LogP contribution in [0.2, 0.25) is 9.49 Å². The molecule has 1 N–H and O–H groups in total. The number of alkyl halides is 3. The molecule has 1 aliphatic rings. The highest BCUT2D eigenvalue weighted by Gasteiger charge is 2.39. The second-order valence-corrected chi connectivity index (χ2v) is 8.59. The number of halogens is 5. The standard InChI is InChI=1S/C18H15Cl2F3N4S/c19-13-7-10(24-8-11-9-25-17(20)28-11)5-6-15(13)27-14-4-2-1-3-12(14)16(26-27)18(21,22)23/h5-7,9,24H,1-4,8H2. The first-order valence-corrected chi connectivity index (χ1v) is 10.2. The molecule has 10 heteroatoms. The lowest BCUT2D eigenvalue weighted by molar-refractivity contribution is -0.142. The first kappa shape index (κ1) is 19.5. The molecule has 0 saturated heterocycles. The van der Waals surface area contributed by atoms with E-state index in [-0.39, 0.29) is 0 Å². The Hall–Kier alpha value is -1.77. The van der Waals surface area contributed by atoms with Gasteiger partial charge in [-0.25, -0.2) is 9.67 Å². The summed E-state index contributed by atoms with van der Waals surface area (Å²) in [6.45, 7) is 0.523. The Morgan fingerprint density at radius 1 is 1.18 bits per heavy atom. The molecular formula is C18H15Cl2F3N4S. The van der Waals surface area contributed by atoms with Crippen LogP contribution in [-0.4, -0.2) is 14.8 Å². The SMILES string of the molecule is FC(F)(F)c1nn(-c2ccc(NCc3cnc(Cl)s3)cc2Cl)c2c1CCCC2. The van der Waals surface area contributed by atoms with Crippen molar-refractivity contribution >= 4 is 40.2 Å². The fourth-order valence-corrected chi connectivity index (χ4v) is 4.55. The molecular weight excluding hydrogens is 432 g/mol. The average molecular weight is 447 g/mol. The number of rotatable bonds is 4. The Labute approximate surface area is 173 Å². The zero-order valence-corrected chi connectivity index (χ0v) is 16.8. The number of hydrogen-bond donors (Lipinski definition) is 1. The lowest BCUT2D eigenvalue weighted by Crippen LogP contribution is -2.11. The third-order valence-electron chi connectivity index (χ3n) is 4.62. The van der Waals surface area contributed by atoms with Gasteiger partial charge in [-0.2, -0.15) is 18.3 Å². The van der Waals surface area contributed by atoms with E-state index in [1.54, 1.807) is 24.4 Å². The molecule has 1 aromatic carbocycles. The highest BCUT2D eigenvalue weighted by atomic mass is 35.5. The van der Waals surface area contributed by atoms with Gasteiger partial charge in [-0.3, -0.25) is 0 Å². The van der Waals surface area contributed by atoms with Crippen LogP contribution in [0.15, 0.2) is 24.4 Å². The molecule has 0 fully saturated rings. The first-order valence-electron chi connectivity index (χ1n) is 8.65. The van der Waals surface area contributed by atoms with E-state index in [0.29, 0.717) is 45.8 Å². The Balaban J connectivity index is 1.63. The van der Waals surface area contributed by atoms with E-state index in [1.165, 1.54) is 16.0 Å². The van der Waals surface area contributed by atoms with Crippen LogP contribution >= 0.6 is 34.5 Å². The van der Waals surface area contributed by atoms with Crippen LogP contribution < -0.4 is 5.32 Å². The van der Waals surface area contributed by atoms with Gasteiger partial charge in [0, 0.05) is 28.0 Å². The normalized spacial score (nSPS) is 14.2. The van der Waals surface area contributed by atoms with Crippen LogP contribution in [0.25, 0.3) is 5.69 Å². The van der Waals surface area contributed by atoms with Crippen molar-refractivity contribution < 1.29 is 13.2 Å². The predicted molar refractivity (Wildman–Crippen MR) is 105 cm³/mol. The molecule has 2 aromatic heterocycles. The van der Waals surface area contributed by atoms with E-state index in [2.05, 4.69) is 15.4 Å². The van der Waals surface area contributed by atoms with Gasteiger partial charge in [-0.05, 0) is 43.9 Å². The lowest BCUT2D eigenvalue weighted by atomic mass is 9.95. The molecule has 4 nitrogen and oxygen atoms in total. The maximum atomic E-state index is 13.4. The van der Waals surface area contributed by atoms with Crippen molar-refractivity contribution in [1.82, 2.24) is 14.8 Å². The fraction of sp³-hybridized carbons (Fsp3) is 0.333. The number of anilines is 1. The molecule has 0 saturated carbocycles. The van der Waals surface area contributed by atoms with Crippen molar-refractivity contribution in [2.75, 3.05) is 5.32 Å². The fourth-order valence-electron chi connectivity index (χ4n) is 3.37. The highest BCUT2D eigenvalue weighted by molar-refractivity contribution is 7.15. The maximum Gasteiger partial charge on any atom is 0.435 e. The molecule has 0 bridgehead atoms. The summed E-state index contributed by atoms with van der Waals surface area (Å²) in [7, 11) is 0. The molecule has 0 atom stereocenters. The van der Waals surface area contributed by atoms with E-state index < -0.39 is 11.9 Å². The van der Waals surface area contributed by atoms with Gasteiger partial charge in [0.1, 0.15) is 0 Å².